The van der Waals surface area contributed by atoms with Crippen molar-refractivity contribution in [3.8, 4) is 34.3 Å². The number of hydrogen-bond donors (Lipinski definition) is 0. The van der Waals surface area contributed by atoms with E-state index in [0.29, 0.717) is 18.6 Å². The first-order valence-corrected chi connectivity index (χ1v) is 9.23. The van der Waals surface area contributed by atoms with Crippen LogP contribution < -0.4 is 4.74 Å². The molecule has 0 unspecified atom stereocenters. The predicted octanol–water partition coefficient (Wildman–Crippen LogP) is 5.08. The highest BCUT2D eigenvalue weighted by Crippen LogP contribution is 2.29. The Bertz CT molecular complexity index is 1140. The number of unbranched alkanes of at least 4 members (excludes halogenated alkanes) is 1. The number of nitriles is 1. The van der Waals surface area contributed by atoms with Crippen molar-refractivity contribution >= 4 is 11.2 Å². The van der Waals surface area contributed by atoms with Gasteiger partial charge in [-0.25, -0.2) is 9.97 Å². The predicted molar refractivity (Wildman–Crippen MR) is 110 cm³/mol. The molecule has 0 radical (unpaired) electrons. The molecule has 0 saturated heterocycles. The first-order chi connectivity index (χ1) is 13.8. The summed E-state index contributed by atoms with van der Waals surface area (Å²) in [4.78, 5) is 9.39. The summed E-state index contributed by atoms with van der Waals surface area (Å²) in [5.74, 6) is 1.62. The molecule has 0 aliphatic rings. The molecular formula is C23H20N4O. The lowest BCUT2D eigenvalue weighted by Gasteiger charge is -2.10. The van der Waals surface area contributed by atoms with Crippen LogP contribution in [0.1, 0.15) is 12.8 Å². The van der Waals surface area contributed by atoms with Gasteiger partial charge in [-0.15, -0.1) is 0 Å². The maximum Gasteiger partial charge on any atom is 0.178 e. The maximum absolute atomic E-state index is 8.95. The number of nitrogens with zero attached hydrogens (tertiary/aromatic N) is 4. The average molecular weight is 368 g/mol. The van der Waals surface area contributed by atoms with Crippen LogP contribution in [-0.4, -0.2) is 21.6 Å². The van der Waals surface area contributed by atoms with Gasteiger partial charge in [-0.1, -0.05) is 42.5 Å². The van der Waals surface area contributed by atoms with Crippen molar-refractivity contribution in [1.29, 1.82) is 5.26 Å². The number of hydrogen-bond acceptors (Lipinski definition) is 4. The van der Waals surface area contributed by atoms with Gasteiger partial charge in [-0.2, -0.15) is 5.26 Å². The lowest BCUT2D eigenvalue weighted by atomic mass is 10.1. The molecule has 0 atom stereocenters. The van der Waals surface area contributed by atoms with E-state index >= 15 is 0 Å². The Morgan fingerprint density at radius 2 is 1.82 bits per heavy atom. The van der Waals surface area contributed by atoms with Crippen molar-refractivity contribution < 1.29 is 4.74 Å². The first kappa shape index (κ1) is 17.7. The standard InChI is InChI=1S/C23H20N4O/c1-28-20-11-7-10-18(14-20)23-26-22-21(27(23)13-6-5-12-24)15-19(16-25-22)17-8-3-2-4-9-17/h2-4,7-11,14-16H,5-6,13H2,1H3. The highest BCUT2D eigenvalue weighted by atomic mass is 16.5. The summed E-state index contributed by atoms with van der Waals surface area (Å²) in [7, 11) is 1.66. The van der Waals surface area contributed by atoms with Gasteiger partial charge in [0.25, 0.3) is 0 Å². The van der Waals surface area contributed by atoms with E-state index in [1.54, 1.807) is 7.11 Å². The van der Waals surface area contributed by atoms with Crippen molar-refractivity contribution in [3.05, 3.63) is 66.9 Å². The van der Waals surface area contributed by atoms with Gasteiger partial charge in [0, 0.05) is 30.3 Å². The fraction of sp³-hybridized carbons (Fsp3) is 0.174. The summed E-state index contributed by atoms with van der Waals surface area (Å²) in [6.45, 7) is 0.705. The molecule has 0 amide bonds. The van der Waals surface area contributed by atoms with Crippen LogP contribution in [0.4, 0.5) is 0 Å². The summed E-state index contributed by atoms with van der Waals surface area (Å²) in [6.07, 6.45) is 3.12. The smallest absolute Gasteiger partial charge is 0.178 e. The molecule has 5 heteroatoms. The van der Waals surface area contributed by atoms with Crippen molar-refractivity contribution in [2.75, 3.05) is 7.11 Å². The molecule has 0 fully saturated rings. The number of rotatable bonds is 6. The molecule has 0 N–H and O–H groups in total. The molecule has 2 aromatic heterocycles. The molecule has 0 aliphatic heterocycles. The van der Waals surface area contributed by atoms with Gasteiger partial charge >= 0.3 is 0 Å². The molecule has 138 valence electrons. The number of aryl methyl sites for hydroxylation is 1. The van der Waals surface area contributed by atoms with Crippen LogP contribution in [0.5, 0.6) is 5.75 Å². The number of ether oxygens (including phenoxy) is 1. The summed E-state index contributed by atoms with van der Waals surface area (Å²) in [5.41, 5.74) is 4.80. The van der Waals surface area contributed by atoms with Gasteiger partial charge in [-0.3, -0.25) is 0 Å². The minimum Gasteiger partial charge on any atom is -0.497 e. The molecule has 4 rings (SSSR count). The molecule has 28 heavy (non-hydrogen) atoms. The minimum absolute atomic E-state index is 0.503. The highest BCUT2D eigenvalue weighted by molar-refractivity contribution is 5.82. The highest BCUT2D eigenvalue weighted by Gasteiger charge is 2.15. The molecule has 0 aliphatic carbocycles. The SMILES string of the molecule is COc1cccc(-c2nc3ncc(-c4ccccc4)cc3n2CCCC#N)c1. The van der Waals surface area contributed by atoms with Gasteiger partial charge in [0.1, 0.15) is 11.6 Å². The van der Waals surface area contributed by atoms with E-state index in [1.807, 2.05) is 48.7 Å². The number of methoxy groups -OCH3 is 1. The average Bonchev–Trinajstić information content (AvgIpc) is 3.12. The Balaban J connectivity index is 1.86. The lowest BCUT2D eigenvalue weighted by molar-refractivity contribution is 0.415. The quantitative estimate of drug-likeness (QED) is 0.445. The lowest BCUT2D eigenvalue weighted by Crippen LogP contribution is -2.01. The van der Waals surface area contributed by atoms with Gasteiger partial charge in [0.05, 0.1) is 18.7 Å². The number of pyridine rings is 1. The van der Waals surface area contributed by atoms with Gasteiger partial charge < -0.3 is 9.30 Å². The van der Waals surface area contributed by atoms with Crippen molar-refractivity contribution in [2.24, 2.45) is 0 Å². The van der Waals surface area contributed by atoms with Crippen LogP contribution in [0.3, 0.4) is 0 Å². The first-order valence-electron chi connectivity index (χ1n) is 9.23. The second kappa shape index (κ2) is 7.93. The van der Waals surface area contributed by atoms with E-state index in [9.17, 15) is 0 Å². The second-order valence-corrected chi connectivity index (χ2v) is 6.51. The molecule has 4 aromatic rings. The van der Waals surface area contributed by atoms with Crippen LogP contribution in [0, 0.1) is 11.3 Å². The molecule has 0 spiro atoms. The Kier molecular flexibility index (Phi) is 5.03. The maximum atomic E-state index is 8.95. The van der Waals surface area contributed by atoms with Crippen LogP contribution in [0.25, 0.3) is 33.7 Å². The minimum atomic E-state index is 0.503. The van der Waals surface area contributed by atoms with Crippen LogP contribution >= 0.6 is 0 Å². The molecule has 2 heterocycles. The molecule has 0 bridgehead atoms. The summed E-state index contributed by atoms with van der Waals surface area (Å²) in [6, 6.07) is 22.4. The van der Waals surface area contributed by atoms with E-state index in [-0.39, 0.29) is 0 Å². The number of benzene rings is 2. The van der Waals surface area contributed by atoms with Crippen LogP contribution in [0.2, 0.25) is 0 Å². The normalized spacial score (nSPS) is 10.7. The fourth-order valence-electron chi connectivity index (χ4n) is 3.32. The zero-order valence-electron chi connectivity index (χ0n) is 15.7. The monoisotopic (exact) mass is 368 g/mol. The van der Waals surface area contributed by atoms with E-state index < -0.39 is 0 Å². The van der Waals surface area contributed by atoms with Gasteiger partial charge in [0.2, 0.25) is 0 Å². The third kappa shape index (κ3) is 3.45. The number of imidazole rings is 1. The molecule has 0 saturated carbocycles. The molecule has 5 nitrogen and oxygen atoms in total. The van der Waals surface area contributed by atoms with E-state index in [4.69, 9.17) is 15.0 Å². The zero-order valence-corrected chi connectivity index (χ0v) is 15.7. The summed E-state index contributed by atoms with van der Waals surface area (Å²) in [5, 5.41) is 8.95. The van der Waals surface area contributed by atoms with Crippen LogP contribution in [0.15, 0.2) is 66.9 Å². The van der Waals surface area contributed by atoms with Crippen LogP contribution in [-0.2, 0) is 6.54 Å². The van der Waals surface area contributed by atoms with E-state index in [2.05, 4.69) is 33.8 Å². The Hall–Kier alpha value is -3.65. The van der Waals surface area contributed by atoms with Crippen molar-refractivity contribution in [2.45, 2.75) is 19.4 Å². The number of aromatic nitrogens is 3. The third-order valence-electron chi connectivity index (χ3n) is 4.71. The fourth-order valence-corrected chi connectivity index (χ4v) is 3.32. The van der Waals surface area contributed by atoms with Gasteiger partial charge in [-0.05, 0) is 30.2 Å². The summed E-state index contributed by atoms with van der Waals surface area (Å²) < 4.78 is 7.52. The van der Waals surface area contributed by atoms with Crippen molar-refractivity contribution in [1.82, 2.24) is 14.5 Å². The molecular weight excluding hydrogens is 348 g/mol. The Labute approximate surface area is 163 Å². The number of fused-ring (bicyclic) bond motifs is 1. The Morgan fingerprint density at radius 1 is 1.00 bits per heavy atom. The molecule has 2 aromatic carbocycles. The largest absolute Gasteiger partial charge is 0.497 e. The topological polar surface area (TPSA) is 63.7 Å². The second-order valence-electron chi connectivity index (χ2n) is 6.51. The van der Waals surface area contributed by atoms with Crippen molar-refractivity contribution in [3.63, 3.8) is 0 Å². The Morgan fingerprint density at radius 3 is 2.61 bits per heavy atom. The third-order valence-corrected chi connectivity index (χ3v) is 4.71. The van der Waals surface area contributed by atoms with Gasteiger partial charge in [0.15, 0.2) is 5.65 Å². The summed E-state index contributed by atoms with van der Waals surface area (Å²) >= 11 is 0. The zero-order chi connectivity index (χ0) is 19.3. The van der Waals surface area contributed by atoms with E-state index in [1.165, 1.54) is 0 Å². The van der Waals surface area contributed by atoms with E-state index in [0.717, 1.165) is 40.2 Å².